The average Bonchev–Trinajstić information content (AvgIpc) is 3.10. The van der Waals surface area contributed by atoms with Crippen LogP contribution in [0.4, 0.5) is 0 Å². The highest BCUT2D eigenvalue weighted by Gasteiger charge is 2.28. The number of carbonyl (C=O) groups is 1. The Morgan fingerprint density at radius 2 is 2.15 bits per heavy atom. The largest absolute Gasteiger partial charge is 0.481 e. The number of aromatic nitrogens is 1. The molecule has 1 N–H and O–H groups in total. The zero-order chi connectivity index (χ0) is 13.9. The lowest BCUT2D eigenvalue weighted by atomic mass is 9.90. The predicted octanol–water partition coefficient (Wildman–Crippen LogP) is 3.10. The molecular weight excluding hydrogens is 272 g/mol. The standard InChI is InChI=1S/C15H22N2O2S/c18-15(19)12-6-7-17(8-12)9-13-10-20-14(16-13)11-4-2-1-3-5-11/h10-12H,1-9H2,(H,18,19). The van der Waals surface area contributed by atoms with E-state index < -0.39 is 5.97 Å². The summed E-state index contributed by atoms with van der Waals surface area (Å²) in [6, 6.07) is 0. The quantitative estimate of drug-likeness (QED) is 0.927. The molecule has 1 saturated carbocycles. The van der Waals surface area contributed by atoms with Gasteiger partial charge in [-0.3, -0.25) is 9.69 Å². The van der Waals surface area contributed by atoms with Crippen LogP contribution in [-0.2, 0) is 11.3 Å². The Balaban J connectivity index is 1.56. The lowest BCUT2D eigenvalue weighted by molar-refractivity contribution is -0.141. The Morgan fingerprint density at radius 3 is 2.85 bits per heavy atom. The number of likely N-dealkylation sites (tertiary alicyclic amines) is 1. The third-order valence-corrected chi connectivity index (χ3v) is 5.59. The van der Waals surface area contributed by atoms with Gasteiger partial charge in [0, 0.05) is 24.4 Å². The molecule has 2 aliphatic rings. The number of rotatable bonds is 4. The maximum atomic E-state index is 11.0. The van der Waals surface area contributed by atoms with Crippen LogP contribution in [0.1, 0.15) is 55.1 Å². The highest BCUT2D eigenvalue weighted by molar-refractivity contribution is 7.09. The summed E-state index contributed by atoms with van der Waals surface area (Å²) in [5, 5.41) is 12.5. The number of nitrogens with zero attached hydrogens (tertiary/aromatic N) is 2. The van der Waals surface area contributed by atoms with E-state index in [2.05, 4.69) is 10.3 Å². The van der Waals surface area contributed by atoms with Crippen LogP contribution in [0.25, 0.3) is 0 Å². The molecule has 5 heteroatoms. The first kappa shape index (κ1) is 14.0. The van der Waals surface area contributed by atoms with Gasteiger partial charge in [-0.05, 0) is 25.8 Å². The molecule has 1 aliphatic heterocycles. The van der Waals surface area contributed by atoms with Gasteiger partial charge < -0.3 is 5.11 Å². The molecule has 1 atom stereocenters. The van der Waals surface area contributed by atoms with Crippen molar-refractivity contribution in [3.05, 3.63) is 16.1 Å². The Hall–Kier alpha value is -0.940. The predicted molar refractivity (Wildman–Crippen MR) is 79.0 cm³/mol. The van der Waals surface area contributed by atoms with Crippen LogP contribution < -0.4 is 0 Å². The minimum absolute atomic E-state index is 0.188. The normalized spacial score (nSPS) is 25.1. The Bertz CT molecular complexity index is 468. The molecule has 110 valence electrons. The molecule has 1 aliphatic carbocycles. The van der Waals surface area contributed by atoms with Crippen molar-refractivity contribution in [2.45, 2.75) is 51.0 Å². The molecule has 1 aromatic rings. The van der Waals surface area contributed by atoms with Crippen LogP contribution in [0, 0.1) is 5.92 Å². The molecule has 1 saturated heterocycles. The van der Waals surface area contributed by atoms with E-state index in [1.165, 1.54) is 37.1 Å². The molecule has 2 heterocycles. The van der Waals surface area contributed by atoms with E-state index in [9.17, 15) is 4.79 Å². The van der Waals surface area contributed by atoms with Crippen molar-refractivity contribution >= 4 is 17.3 Å². The molecule has 0 aromatic carbocycles. The number of hydrogen-bond donors (Lipinski definition) is 1. The van der Waals surface area contributed by atoms with Crippen molar-refractivity contribution in [3.63, 3.8) is 0 Å². The maximum absolute atomic E-state index is 11.0. The van der Waals surface area contributed by atoms with Crippen molar-refractivity contribution in [1.29, 1.82) is 0 Å². The zero-order valence-electron chi connectivity index (χ0n) is 11.8. The molecule has 20 heavy (non-hydrogen) atoms. The second-order valence-corrected chi connectivity index (χ2v) is 6.96. The van der Waals surface area contributed by atoms with Gasteiger partial charge >= 0.3 is 5.97 Å². The van der Waals surface area contributed by atoms with Gasteiger partial charge in [0.1, 0.15) is 0 Å². The summed E-state index contributed by atoms with van der Waals surface area (Å²) in [6.07, 6.45) is 7.40. The molecule has 1 aromatic heterocycles. The van der Waals surface area contributed by atoms with E-state index in [0.717, 1.165) is 25.2 Å². The van der Waals surface area contributed by atoms with Crippen LogP contribution in [-0.4, -0.2) is 34.0 Å². The highest BCUT2D eigenvalue weighted by atomic mass is 32.1. The smallest absolute Gasteiger partial charge is 0.307 e. The molecular formula is C15H22N2O2S. The van der Waals surface area contributed by atoms with Crippen LogP contribution in [0.2, 0.25) is 0 Å². The van der Waals surface area contributed by atoms with Gasteiger partial charge in [-0.1, -0.05) is 19.3 Å². The van der Waals surface area contributed by atoms with E-state index in [4.69, 9.17) is 10.1 Å². The van der Waals surface area contributed by atoms with Gasteiger partial charge in [-0.15, -0.1) is 11.3 Å². The topological polar surface area (TPSA) is 53.4 Å². The third kappa shape index (κ3) is 3.20. The Labute approximate surface area is 123 Å². The molecule has 3 rings (SSSR count). The van der Waals surface area contributed by atoms with Crippen LogP contribution >= 0.6 is 11.3 Å². The fourth-order valence-electron chi connectivity index (χ4n) is 3.34. The van der Waals surface area contributed by atoms with Gasteiger partial charge in [-0.25, -0.2) is 4.98 Å². The number of aliphatic carboxylic acids is 1. The first-order valence-corrected chi connectivity index (χ1v) is 8.50. The van der Waals surface area contributed by atoms with E-state index in [-0.39, 0.29) is 5.92 Å². The SMILES string of the molecule is O=C(O)C1CCN(Cc2csc(C3CCCCC3)n2)C1. The maximum Gasteiger partial charge on any atom is 0.307 e. The van der Waals surface area contributed by atoms with Crippen molar-refractivity contribution in [2.24, 2.45) is 5.92 Å². The summed E-state index contributed by atoms with van der Waals surface area (Å²) in [5.41, 5.74) is 1.13. The molecule has 2 fully saturated rings. The van der Waals surface area contributed by atoms with Gasteiger partial charge in [0.2, 0.25) is 0 Å². The van der Waals surface area contributed by atoms with Gasteiger partial charge in [0.15, 0.2) is 0 Å². The molecule has 0 radical (unpaired) electrons. The molecule has 0 bridgehead atoms. The second kappa shape index (κ2) is 6.22. The molecule has 0 spiro atoms. The Kier molecular flexibility index (Phi) is 4.36. The molecule has 4 nitrogen and oxygen atoms in total. The molecule has 0 amide bonds. The number of carboxylic acids is 1. The summed E-state index contributed by atoms with van der Waals surface area (Å²) in [4.78, 5) is 18.0. The molecule has 1 unspecified atom stereocenters. The highest BCUT2D eigenvalue weighted by Crippen LogP contribution is 2.34. The van der Waals surface area contributed by atoms with Crippen molar-refractivity contribution in [2.75, 3.05) is 13.1 Å². The van der Waals surface area contributed by atoms with E-state index in [0.29, 0.717) is 12.5 Å². The summed E-state index contributed by atoms with van der Waals surface area (Å²) in [5.74, 6) is -0.173. The van der Waals surface area contributed by atoms with Crippen molar-refractivity contribution in [1.82, 2.24) is 9.88 Å². The van der Waals surface area contributed by atoms with Crippen molar-refractivity contribution < 1.29 is 9.90 Å². The Morgan fingerprint density at radius 1 is 1.35 bits per heavy atom. The first-order valence-electron chi connectivity index (χ1n) is 7.62. The third-order valence-electron chi connectivity index (χ3n) is 4.53. The first-order chi connectivity index (χ1) is 9.72. The van der Waals surface area contributed by atoms with E-state index in [1.54, 1.807) is 11.3 Å². The average molecular weight is 294 g/mol. The second-order valence-electron chi connectivity index (χ2n) is 6.07. The minimum Gasteiger partial charge on any atom is -0.481 e. The van der Waals surface area contributed by atoms with Crippen LogP contribution in [0.3, 0.4) is 0 Å². The summed E-state index contributed by atoms with van der Waals surface area (Å²) >= 11 is 1.79. The minimum atomic E-state index is -0.659. The number of thiazole rings is 1. The number of hydrogen-bond acceptors (Lipinski definition) is 4. The van der Waals surface area contributed by atoms with Crippen LogP contribution in [0.5, 0.6) is 0 Å². The van der Waals surface area contributed by atoms with E-state index in [1.807, 2.05) is 0 Å². The lowest BCUT2D eigenvalue weighted by Crippen LogP contribution is -2.23. The zero-order valence-corrected chi connectivity index (χ0v) is 12.6. The van der Waals surface area contributed by atoms with Crippen LogP contribution in [0.15, 0.2) is 5.38 Å². The lowest BCUT2D eigenvalue weighted by Gasteiger charge is -2.19. The van der Waals surface area contributed by atoms with Gasteiger partial charge in [0.25, 0.3) is 0 Å². The summed E-state index contributed by atoms with van der Waals surface area (Å²) in [6.45, 7) is 2.37. The van der Waals surface area contributed by atoms with E-state index >= 15 is 0 Å². The fraction of sp³-hybridized carbons (Fsp3) is 0.733. The van der Waals surface area contributed by atoms with Gasteiger partial charge in [-0.2, -0.15) is 0 Å². The summed E-state index contributed by atoms with van der Waals surface area (Å²) < 4.78 is 0. The van der Waals surface area contributed by atoms with Gasteiger partial charge in [0.05, 0.1) is 16.6 Å². The van der Waals surface area contributed by atoms with Crippen molar-refractivity contribution in [3.8, 4) is 0 Å². The fourth-order valence-corrected chi connectivity index (χ4v) is 4.32. The monoisotopic (exact) mass is 294 g/mol. The number of carboxylic acid groups (broad SMARTS) is 1. The summed E-state index contributed by atoms with van der Waals surface area (Å²) in [7, 11) is 0.